The molecule has 0 saturated carbocycles. The summed E-state index contributed by atoms with van der Waals surface area (Å²) in [6.07, 6.45) is 1.02. The number of nitrogens with two attached hydrogens (primary N) is 4. The van der Waals surface area contributed by atoms with Crippen molar-refractivity contribution in [2.75, 3.05) is 13.1 Å². The lowest BCUT2D eigenvalue weighted by Gasteiger charge is -2.27. The van der Waals surface area contributed by atoms with Gasteiger partial charge in [-0.1, -0.05) is 48.5 Å². The molecule has 1 aliphatic rings. The van der Waals surface area contributed by atoms with Crippen molar-refractivity contribution >= 4 is 70.0 Å². The molecule has 4 rings (SSSR count). The minimum absolute atomic E-state index is 0.0282. The number of aromatic nitrogens is 1. The molecule has 0 radical (unpaired) electrons. The van der Waals surface area contributed by atoms with Crippen LogP contribution in [0.1, 0.15) is 69.4 Å². The van der Waals surface area contributed by atoms with Gasteiger partial charge in [-0.3, -0.25) is 48.1 Å². The van der Waals surface area contributed by atoms with E-state index in [2.05, 4.69) is 47.2 Å². The van der Waals surface area contributed by atoms with E-state index < -0.39 is 95.8 Å². The van der Waals surface area contributed by atoms with E-state index in [0.717, 1.165) is 17.8 Å². The van der Waals surface area contributed by atoms with Gasteiger partial charge in [-0.25, -0.2) is 0 Å². The first-order valence-electron chi connectivity index (χ1n) is 21.3. The molecular formula is C43H59N13O9. The first-order chi connectivity index (χ1) is 31.0. The molecule has 16 N–H and O–H groups in total. The van der Waals surface area contributed by atoms with Gasteiger partial charge < -0.3 is 65.1 Å². The summed E-state index contributed by atoms with van der Waals surface area (Å²) in [5.74, 6) is -7.35. The van der Waals surface area contributed by atoms with Crippen LogP contribution >= 0.6 is 0 Å². The summed E-state index contributed by atoms with van der Waals surface area (Å²) >= 11 is 0. The third kappa shape index (κ3) is 16.6. The Morgan fingerprint density at radius 2 is 1.31 bits per heavy atom. The van der Waals surface area contributed by atoms with Gasteiger partial charge in [0.1, 0.15) is 36.3 Å². The maximum Gasteiger partial charge on any atom is 0.243 e. The van der Waals surface area contributed by atoms with Gasteiger partial charge in [-0.05, 0) is 55.7 Å². The number of hydrogen-bond donors (Lipinski definition) is 12. The summed E-state index contributed by atoms with van der Waals surface area (Å²) in [4.78, 5) is 128. The van der Waals surface area contributed by atoms with Crippen LogP contribution in [0.25, 0.3) is 10.9 Å². The molecule has 3 aromatic rings. The van der Waals surface area contributed by atoms with Crippen LogP contribution in [-0.4, -0.2) is 113 Å². The quantitative estimate of drug-likeness (QED) is 0.0479. The predicted octanol–water partition coefficient (Wildman–Crippen LogP) is -2.62. The monoisotopic (exact) mass is 901 g/mol. The lowest BCUT2D eigenvalue weighted by atomic mass is 10.0. The normalized spacial score (nSPS) is 22.2. The molecule has 65 heavy (non-hydrogen) atoms. The Kier molecular flexibility index (Phi) is 19.2. The minimum Gasteiger partial charge on any atom is -0.370 e. The Bertz CT molecular complexity index is 2210. The molecule has 350 valence electrons. The molecular weight excluding hydrogens is 843 g/mol. The Labute approximate surface area is 375 Å². The van der Waals surface area contributed by atoms with Gasteiger partial charge in [0.2, 0.25) is 53.2 Å². The highest BCUT2D eigenvalue weighted by Crippen LogP contribution is 2.20. The van der Waals surface area contributed by atoms with Crippen molar-refractivity contribution in [1.29, 1.82) is 0 Å². The molecule has 6 atom stereocenters. The molecule has 0 spiro atoms. The molecule has 1 aliphatic heterocycles. The Balaban J connectivity index is 1.79. The van der Waals surface area contributed by atoms with Gasteiger partial charge in [0, 0.05) is 56.4 Å². The third-order valence-electron chi connectivity index (χ3n) is 10.5. The van der Waals surface area contributed by atoms with Crippen molar-refractivity contribution in [2.24, 2.45) is 27.9 Å². The largest absolute Gasteiger partial charge is 0.370 e. The molecule has 2 heterocycles. The van der Waals surface area contributed by atoms with E-state index in [1.54, 1.807) is 42.6 Å². The van der Waals surface area contributed by atoms with Gasteiger partial charge in [0.05, 0.1) is 6.42 Å². The number of aliphatic imine (C=N–C) groups is 1. The SMILES string of the molecule is CC(=O)N[C@H]1CC(=O)NCCCC[C@@H](C(N)=O)NC(=O)[C@@H](CCC(N)=O)NC(=O)[C@H](Cc2ccccc2)NC(=O)[C@H](Cc2c[nH]c3ccccc23)NC(=O)[C@H](CCCN=C(N)N)NC1=O. The predicted molar refractivity (Wildman–Crippen MR) is 238 cm³/mol. The third-order valence-corrected chi connectivity index (χ3v) is 10.5. The van der Waals surface area contributed by atoms with Crippen molar-refractivity contribution in [2.45, 2.75) is 107 Å². The Morgan fingerprint density at radius 1 is 0.708 bits per heavy atom. The molecule has 1 fully saturated rings. The lowest BCUT2D eigenvalue weighted by molar-refractivity contribution is -0.136. The lowest BCUT2D eigenvalue weighted by Crippen LogP contribution is -2.60. The van der Waals surface area contributed by atoms with Crippen molar-refractivity contribution < 1.29 is 43.2 Å². The fraction of sp³-hybridized carbons (Fsp3) is 0.442. The van der Waals surface area contributed by atoms with E-state index in [1.807, 2.05) is 18.2 Å². The molecule has 1 aromatic heterocycles. The van der Waals surface area contributed by atoms with Crippen LogP contribution < -0.4 is 60.2 Å². The number of H-pyrrole nitrogens is 1. The van der Waals surface area contributed by atoms with Crippen molar-refractivity contribution in [1.82, 2.24) is 42.2 Å². The number of nitrogens with zero attached hydrogens (tertiary/aromatic N) is 1. The number of carbonyl (C=O) groups excluding carboxylic acids is 9. The van der Waals surface area contributed by atoms with E-state index in [-0.39, 0.29) is 70.4 Å². The van der Waals surface area contributed by atoms with E-state index in [4.69, 9.17) is 22.9 Å². The Morgan fingerprint density at radius 3 is 1.97 bits per heavy atom. The van der Waals surface area contributed by atoms with Crippen molar-refractivity contribution in [3.63, 3.8) is 0 Å². The number of rotatable bonds is 13. The number of para-hydroxylation sites is 1. The molecule has 22 heteroatoms. The maximum atomic E-state index is 14.6. The van der Waals surface area contributed by atoms with Crippen LogP contribution in [-0.2, 0) is 56.0 Å². The van der Waals surface area contributed by atoms with Crippen LogP contribution in [0.15, 0.2) is 65.8 Å². The number of aromatic amines is 1. The van der Waals surface area contributed by atoms with Crippen LogP contribution in [0, 0.1) is 0 Å². The molecule has 0 unspecified atom stereocenters. The van der Waals surface area contributed by atoms with Crippen LogP contribution in [0.3, 0.4) is 0 Å². The minimum atomic E-state index is -1.43. The van der Waals surface area contributed by atoms with Gasteiger partial charge in [0.25, 0.3) is 0 Å². The molecule has 1 saturated heterocycles. The number of guanidine groups is 1. The van der Waals surface area contributed by atoms with Gasteiger partial charge in [0.15, 0.2) is 5.96 Å². The van der Waals surface area contributed by atoms with Crippen LogP contribution in [0.5, 0.6) is 0 Å². The fourth-order valence-electron chi connectivity index (χ4n) is 7.18. The summed E-state index contributed by atoms with van der Waals surface area (Å²) in [6.45, 7) is 1.29. The number of benzene rings is 2. The first kappa shape index (κ1) is 50.1. The first-order valence-corrected chi connectivity index (χ1v) is 21.3. The summed E-state index contributed by atoms with van der Waals surface area (Å²) < 4.78 is 0. The summed E-state index contributed by atoms with van der Waals surface area (Å²) in [7, 11) is 0. The van der Waals surface area contributed by atoms with E-state index in [0.29, 0.717) is 17.5 Å². The molecule has 2 aromatic carbocycles. The number of fused-ring (bicyclic) bond motifs is 1. The average Bonchev–Trinajstić information content (AvgIpc) is 3.66. The highest BCUT2D eigenvalue weighted by atomic mass is 16.2. The topological polar surface area (TPSA) is 370 Å². The fourth-order valence-corrected chi connectivity index (χ4v) is 7.18. The zero-order valence-corrected chi connectivity index (χ0v) is 36.2. The zero-order valence-electron chi connectivity index (χ0n) is 36.2. The second-order valence-electron chi connectivity index (χ2n) is 15.7. The van der Waals surface area contributed by atoms with E-state index in [9.17, 15) is 43.2 Å². The number of amides is 9. The number of hydrogen-bond acceptors (Lipinski definition) is 10. The highest BCUT2D eigenvalue weighted by Gasteiger charge is 2.34. The summed E-state index contributed by atoms with van der Waals surface area (Å²) in [6, 6.07) is 7.67. The van der Waals surface area contributed by atoms with Gasteiger partial charge in [-0.15, -0.1) is 0 Å². The second kappa shape index (κ2) is 24.9. The molecule has 0 bridgehead atoms. The van der Waals surface area contributed by atoms with Crippen LogP contribution in [0.4, 0.5) is 0 Å². The van der Waals surface area contributed by atoms with Crippen LogP contribution in [0.2, 0.25) is 0 Å². The smallest absolute Gasteiger partial charge is 0.243 e. The van der Waals surface area contributed by atoms with E-state index >= 15 is 0 Å². The summed E-state index contributed by atoms with van der Waals surface area (Å²) in [5.41, 5.74) is 24.0. The number of carbonyl (C=O) groups is 9. The van der Waals surface area contributed by atoms with Gasteiger partial charge in [-0.2, -0.15) is 0 Å². The standard InChI is InChI=1S/C43H59N13O9/c1-24(57)51-34-22-36(59)48-18-8-7-14-29(37(45)60)52-39(62)31(16-17-35(44)58)54-40(63)32(20-25-10-3-2-4-11-25)55-41(64)33(21-26-23-50-28-13-6-5-12-27(26)28)56-38(61)30(53-42(34)65)15-9-19-49-43(46)47/h2-6,10-13,23,29-34,50H,7-9,14-22H2,1H3,(H2,44,58)(H2,45,60)(H,48,59)(H,51,57)(H,52,62)(H,53,65)(H,54,63)(H,55,64)(H,56,61)(H4,46,47,49)/t29-,30-,31+,32-,33-,34-/m0/s1. The van der Waals surface area contributed by atoms with E-state index in [1.165, 1.54) is 0 Å². The molecule has 9 amide bonds. The van der Waals surface area contributed by atoms with Crippen molar-refractivity contribution in [3.05, 3.63) is 71.9 Å². The molecule has 22 nitrogen and oxygen atoms in total. The Hall–Kier alpha value is -7.52. The number of nitrogens with one attached hydrogen (secondary N) is 8. The average molecular weight is 902 g/mol. The maximum absolute atomic E-state index is 14.6. The summed E-state index contributed by atoms with van der Waals surface area (Å²) in [5, 5.41) is 19.1. The second-order valence-corrected chi connectivity index (χ2v) is 15.7. The highest BCUT2D eigenvalue weighted by molar-refractivity contribution is 5.98. The van der Waals surface area contributed by atoms with Gasteiger partial charge >= 0.3 is 0 Å². The molecule has 0 aliphatic carbocycles. The number of primary amides is 2. The van der Waals surface area contributed by atoms with Crippen molar-refractivity contribution in [3.8, 4) is 0 Å². The zero-order chi connectivity index (χ0) is 47.5.